The van der Waals surface area contributed by atoms with Crippen molar-refractivity contribution in [3.8, 4) is 6.07 Å². The first kappa shape index (κ1) is 19.2. The van der Waals surface area contributed by atoms with Crippen molar-refractivity contribution < 1.29 is 9.53 Å². The highest BCUT2D eigenvalue weighted by molar-refractivity contribution is 5.78. The number of piperazine rings is 1. The predicted octanol–water partition coefficient (Wildman–Crippen LogP) is 1.08. The van der Waals surface area contributed by atoms with Crippen LogP contribution in [0.3, 0.4) is 0 Å². The van der Waals surface area contributed by atoms with E-state index in [1.54, 1.807) is 0 Å². The molecule has 1 N–H and O–H groups in total. The van der Waals surface area contributed by atoms with Crippen LogP contribution in [-0.4, -0.2) is 73.7 Å². The van der Waals surface area contributed by atoms with Gasteiger partial charge in [-0.1, -0.05) is 13.8 Å². The van der Waals surface area contributed by atoms with Crippen molar-refractivity contribution in [3.63, 3.8) is 0 Å². The fourth-order valence-electron chi connectivity index (χ4n) is 3.64. The molecule has 2 atom stereocenters. The van der Waals surface area contributed by atoms with Crippen molar-refractivity contribution in [3.05, 3.63) is 0 Å². The summed E-state index contributed by atoms with van der Waals surface area (Å²) < 4.78 is 5.40. The Kier molecular flexibility index (Phi) is 7.47. The van der Waals surface area contributed by atoms with E-state index in [4.69, 9.17) is 4.74 Å². The van der Waals surface area contributed by atoms with Gasteiger partial charge in [-0.05, 0) is 31.6 Å². The highest BCUT2D eigenvalue weighted by Gasteiger charge is 2.28. The third-order valence-corrected chi connectivity index (χ3v) is 5.37. The third-order valence-electron chi connectivity index (χ3n) is 5.37. The van der Waals surface area contributed by atoms with Crippen LogP contribution in [0, 0.1) is 23.2 Å². The summed E-state index contributed by atoms with van der Waals surface area (Å²) in [6.45, 7) is 11.4. The topological polar surface area (TPSA) is 68.6 Å². The molecule has 0 aromatic carbocycles. The van der Waals surface area contributed by atoms with Crippen molar-refractivity contribution in [2.24, 2.45) is 11.8 Å². The van der Waals surface area contributed by atoms with Gasteiger partial charge in [0.05, 0.1) is 12.6 Å². The summed E-state index contributed by atoms with van der Waals surface area (Å²) in [4.78, 5) is 16.5. The fourth-order valence-corrected chi connectivity index (χ4v) is 3.64. The van der Waals surface area contributed by atoms with Crippen LogP contribution in [-0.2, 0) is 9.53 Å². The minimum Gasteiger partial charge on any atom is -0.381 e. The minimum absolute atomic E-state index is 0.0473. The zero-order valence-electron chi connectivity index (χ0n) is 15.3. The zero-order valence-corrected chi connectivity index (χ0v) is 15.3. The van der Waals surface area contributed by atoms with E-state index in [9.17, 15) is 10.1 Å². The van der Waals surface area contributed by atoms with Gasteiger partial charge in [0, 0.05) is 45.4 Å². The number of hydrogen-bond donors (Lipinski definition) is 1. The lowest BCUT2D eigenvalue weighted by molar-refractivity contribution is -0.132. The van der Waals surface area contributed by atoms with Gasteiger partial charge in [0.15, 0.2) is 0 Å². The SMILES string of the molecule is CC(C)[C@H](C#N)N1CCN(C(=O)CN[C@@H](C)C2CCOCC2)CC1. The molecule has 2 aliphatic rings. The van der Waals surface area contributed by atoms with Gasteiger partial charge >= 0.3 is 0 Å². The number of carbonyl (C=O) groups is 1. The Morgan fingerprint density at radius 3 is 2.38 bits per heavy atom. The van der Waals surface area contributed by atoms with Crippen LogP contribution in [0.25, 0.3) is 0 Å². The molecule has 2 rings (SSSR count). The molecule has 2 fully saturated rings. The lowest BCUT2D eigenvalue weighted by atomic mass is 9.93. The summed E-state index contributed by atoms with van der Waals surface area (Å²) in [6, 6.07) is 2.69. The number of rotatable bonds is 6. The van der Waals surface area contributed by atoms with Crippen molar-refractivity contribution in [2.45, 2.75) is 45.7 Å². The molecule has 0 unspecified atom stereocenters. The summed E-state index contributed by atoms with van der Waals surface area (Å²) >= 11 is 0. The Hall–Kier alpha value is -1.16. The number of nitrogens with one attached hydrogen (secondary N) is 1. The van der Waals surface area contributed by atoms with Gasteiger partial charge in [-0.3, -0.25) is 9.69 Å². The second kappa shape index (κ2) is 9.36. The van der Waals surface area contributed by atoms with Gasteiger partial charge in [0.1, 0.15) is 6.04 Å². The Bertz CT molecular complexity index is 435. The second-order valence-electron chi connectivity index (χ2n) is 7.35. The molecule has 0 aromatic rings. The Balaban J connectivity index is 1.71. The molecule has 2 aliphatic heterocycles. The standard InChI is InChI=1S/C18H32N4O2/c1-14(2)17(12-19)21-6-8-22(9-7-21)18(23)13-20-15(3)16-4-10-24-11-5-16/h14-17,20H,4-11,13H2,1-3H3/t15-,17-/m0/s1. The van der Waals surface area contributed by atoms with Gasteiger partial charge < -0.3 is 15.0 Å². The van der Waals surface area contributed by atoms with Crippen LogP contribution >= 0.6 is 0 Å². The maximum absolute atomic E-state index is 12.4. The summed E-state index contributed by atoms with van der Waals surface area (Å²) in [7, 11) is 0. The number of carbonyl (C=O) groups excluding carboxylic acids is 1. The molecule has 2 heterocycles. The molecule has 6 heteroatoms. The monoisotopic (exact) mass is 336 g/mol. The van der Waals surface area contributed by atoms with Crippen molar-refractivity contribution >= 4 is 5.91 Å². The van der Waals surface area contributed by atoms with Crippen LogP contribution in [0.15, 0.2) is 0 Å². The molecule has 0 aliphatic carbocycles. The maximum atomic E-state index is 12.4. The molecule has 0 saturated carbocycles. The van der Waals surface area contributed by atoms with Gasteiger partial charge in [-0.25, -0.2) is 0 Å². The van der Waals surface area contributed by atoms with Crippen molar-refractivity contribution in [1.29, 1.82) is 5.26 Å². The molecule has 6 nitrogen and oxygen atoms in total. The Labute approximate surface area is 146 Å². The first-order chi connectivity index (χ1) is 11.5. The number of hydrogen-bond acceptors (Lipinski definition) is 5. The van der Waals surface area contributed by atoms with Crippen LogP contribution in [0.5, 0.6) is 0 Å². The third kappa shape index (κ3) is 5.17. The largest absolute Gasteiger partial charge is 0.381 e. The van der Waals surface area contributed by atoms with E-state index < -0.39 is 0 Å². The Morgan fingerprint density at radius 2 is 1.83 bits per heavy atom. The van der Waals surface area contributed by atoms with E-state index in [0.29, 0.717) is 24.4 Å². The first-order valence-electron chi connectivity index (χ1n) is 9.25. The van der Waals surface area contributed by atoms with E-state index in [1.807, 2.05) is 4.90 Å². The van der Waals surface area contributed by atoms with E-state index in [0.717, 1.165) is 52.2 Å². The lowest BCUT2D eigenvalue weighted by Gasteiger charge is -2.38. The molecular formula is C18H32N4O2. The van der Waals surface area contributed by atoms with Crippen molar-refractivity contribution in [2.75, 3.05) is 45.9 Å². The summed E-state index contributed by atoms with van der Waals surface area (Å²) in [5, 5.41) is 12.7. The molecule has 0 spiro atoms. The number of ether oxygens (including phenoxy) is 1. The number of nitrogens with zero attached hydrogens (tertiary/aromatic N) is 3. The molecule has 2 saturated heterocycles. The second-order valence-corrected chi connectivity index (χ2v) is 7.35. The molecule has 136 valence electrons. The van der Waals surface area contributed by atoms with E-state index >= 15 is 0 Å². The highest BCUT2D eigenvalue weighted by atomic mass is 16.5. The van der Waals surface area contributed by atoms with Crippen molar-refractivity contribution in [1.82, 2.24) is 15.1 Å². The maximum Gasteiger partial charge on any atom is 0.236 e. The zero-order chi connectivity index (χ0) is 17.5. The molecule has 1 amide bonds. The molecule has 24 heavy (non-hydrogen) atoms. The van der Waals surface area contributed by atoms with E-state index in [-0.39, 0.29) is 11.9 Å². The quantitative estimate of drug-likeness (QED) is 0.786. The van der Waals surface area contributed by atoms with Crippen LogP contribution in [0.1, 0.15) is 33.6 Å². The van der Waals surface area contributed by atoms with Crippen LogP contribution in [0.4, 0.5) is 0 Å². The van der Waals surface area contributed by atoms with E-state index in [2.05, 4.69) is 37.1 Å². The smallest absolute Gasteiger partial charge is 0.236 e. The number of amides is 1. The molecule has 0 radical (unpaired) electrons. The fraction of sp³-hybridized carbons (Fsp3) is 0.889. The van der Waals surface area contributed by atoms with Crippen LogP contribution in [0.2, 0.25) is 0 Å². The highest BCUT2D eigenvalue weighted by Crippen LogP contribution is 2.18. The van der Waals surface area contributed by atoms with Crippen LogP contribution < -0.4 is 5.32 Å². The van der Waals surface area contributed by atoms with Gasteiger partial charge in [-0.15, -0.1) is 0 Å². The minimum atomic E-state index is -0.0473. The van der Waals surface area contributed by atoms with Gasteiger partial charge in [0.25, 0.3) is 0 Å². The summed E-state index contributed by atoms with van der Waals surface area (Å²) in [5.74, 6) is 1.09. The van der Waals surface area contributed by atoms with Gasteiger partial charge in [0.2, 0.25) is 5.91 Å². The average molecular weight is 336 g/mol. The normalized spacial score (nSPS) is 23.0. The van der Waals surface area contributed by atoms with Gasteiger partial charge in [-0.2, -0.15) is 5.26 Å². The molecular weight excluding hydrogens is 304 g/mol. The predicted molar refractivity (Wildman–Crippen MR) is 93.4 cm³/mol. The lowest BCUT2D eigenvalue weighted by Crippen LogP contribution is -2.54. The summed E-state index contributed by atoms with van der Waals surface area (Å²) in [5.41, 5.74) is 0. The molecule has 0 aromatic heterocycles. The number of nitriles is 1. The average Bonchev–Trinajstić information content (AvgIpc) is 2.61. The van der Waals surface area contributed by atoms with E-state index in [1.165, 1.54) is 0 Å². The first-order valence-corrected chi connectivity index (χ1v) is 9.25. The molecule has 0 bridgehead atoms. The summed E-state index contributed by atoms with van der Waals surface area (Å²) in [6.07, 6.45) is 2.15. The Morgan fingerprint density at radius 1 is 1.21 bits per heavy atom.